The van der Waals surface area contributed by atoms with Crippen LogP contribution in [0.5, 0.6) is 0 Å². The second-order valence-corrected chi connectivity index (χ2v) is 6.50. The van der Waals surface area contributed by atoms with E-state index in [9.17, 15) is 0 Å². The molecule has 2 atom stereocenters. The number of rotatable bonds is 6. The topological polar surface area (TPSA) is 87.2 Å². The lowest BCUT2D eigenvalue weighted by Gasteiger charge is -2.28. The summed E-state index contributed by atoms with van der Waals surface area (Å²) in [6.45, 7) is 4.11. The van der Waals surface area contributed by atoms with Crippen molar-refractivity contribution in [1.29, 1.82) is 0 Å². The van der Waals surface area contributed by atoms with Crippen molar-refractivity contribution in [2.75, 3.05) is 33.4 Å². The zero-order valence-corrected chi connectivity index (χ0v) is 13.9. The van der Waals surface area contributed by atoms with E-state index in [0.717, 1.165) is 56.3 Å². The third kappa shape index (κ3) is 3.09. The van der Waals surface area contributed by atoms with Crippen molar-refractivity contribution in [3.8, 4) is 11.4 Å². The third-order valence-electron chi connectivity index (χ3n) is 4.92. The summed E-state index contributed by atoms with van der Waals surface area (Å²) < 4.78 is 18.6. The van der Waals surface area contributed by atoms with Gasteiger partial charge in [0.1, 0.15) is 17.1 Å². The van der Waals surface area contributed by atoms with Gasteiger partial charge in [-0.05, 0) is 12.8 Å². The van der Waals surface area contributed by atoms with Gasteiger partial charge in [-0.3, -0.25) is 0 Å². The fourth-order valence-electron chi connectivity index (χ4n) is 3.37. The van der Waals surface area contributed by atoms with Crippen LogP contribution in [0.4, 0.5) is 0 Å². The summed E-state index contributed by atoms with van der Waals surface area (Å²) in [6.07, 6.45) is 5.70. The third-order valence-corrected chi connectivity index (χ3v) is 4.92. The van der Waals surface area contributed by atoms with Crippen molar-refractivity contribution in [2.45, 2.75) is 31.4 Å². The van der Waals surface area contributed by atoms with Gasteiger partial charge >= 0.3 is 0 Å². The van der Waals surface area contributed by atoms with Crippen LogP contribution in [0.15, 0.2) is 17.0 Å². The summed E-state index contributed by atoms with van der Waals surface area (Å²) in [5, 5.41) is 11.8. The van der Waals surface area contributed by atoms with E-state index in [2.05, 4.69) is 20.6 Å². The molecule has 0 bridgehead atoms. The average Bonchev–Trinajstić information content (AvgIpc) is 3.21. The minimum atomic E-state index is 0.0764. The minimum absolute atomic E-state index is 0.0764. The molecule has 1 N–H and O–H groups in total. The van der Waals surface area contributed by atoms with Crippen LogP contribution < -0.4 is 5.32 Å². The van der Waals surface area contributed by atoms with Crippen LogP contribution in [0.3, 0.4) is 0 Å². The molecular weight excluding hydrogens is 310 g/mol. The molecule has 0 aliphatic carbocycles. The van der Waals surface area contributed by atoms with Crippen LogP contribution in [0.2, 0.25) is 0 Å². The fraction of sp³-hybridized carbons (Fsp3) is 0.688. The molecule has 24 heavy (non-hydrogen) atoms. The molecule has 2 aromatic rings. The predicted molar refractivity (Wildman–Crippen MR) is 85.5 cm³/mol. The van der Waals surface area contributed by atoms with Gasteiger partial charge in [-0.25, -0.2) is 9.67 Å². The zero-order valence-electron chi connectivity index (χ0n) is 13.9. The number of oxazole rings is 1. The molecule has 130 valence electrons. The van der Waals surface area contributed by atoms with E-state index in [1.54, 1.807) is 7.11 Å². The Morgan fingerprint density at radius 2 is 2.38 bits per heavy atom. The lowest BCUT2D eigenvalue weighted by Crippen LogP contribution is -2.39. The van der Waals surface area contributed by atoms with Crippen molar-refractivity contribution in [1.82, 2.24) is 25.3 Å². The molecule has 8 heteroatoms. The number of methoxy groups -OCH3 is 1. The summed E-state index contributed by atoms with van der Waals surface area (Å²) >= 11 is 0. The number of hydrogen-bond acceptors (Lipinski definition) is 7. The minimum Gasteiger partial charge on any atom is -0.447 e. The smallest absolute Gasteiger partial charge is 0.181 e. The maximum absolute atomic E-state index is 5.67. The summed E-state index contributed by atoms with van der Waals surface area (Å²) in [6, 6.07) is 0. The summed E-state index contributed by atoms with van der Waals surface area (Å²) in [4.78, 5) is 4.33. The normalized spacial score (nSPS) is 23.1. The summed E-state index contributed by atoms with van der Waals surface area (Å²) in [7, 11) is 1.75. The number of nitrogens with zero attached hydrogens (tertiary/aromatic N) is 4. The maximum atomic E-state index is 5.67. The quantitative estimate of drug-likeness (QED) is 0.846. The van der Waals surface area contributed by atoms with Crippen LogP contribution in [0, 0.1) is 5.92 Å². The van der Waals surface area contributed by atoms with Crippen LogP contribution >= 0.6 is 0 Å². The molecule has 4 rings (SSSR count). The molecule has 2 unspecified atom stereocenters. The lowest BCUT2D eigenvalue weighted by atomic mass is 9.96. The van der Waals surface area contributed by atoms with Gasteiger partial charge in [-0.2, -0.15) is 0 Å². The van der Waals surface area contributed by atoms with Gasteiger partial charge < -0.3 is 19.2 Å². The monoisotopic (exact) mass is 333 g/mol. The van der Waals surface area contributed by atoms with Gasteiger partial charge in [-0.1, -0.05) is 5.21 Å². The van der Waals surface area contributed by atoms with E-state index in [4.69, 9.17) is 13.9 Å². The lowest BCUT2D eigenvalue weighted by molar-refractivity contribution is -0.0365. The SMILES string of the molecule is COC(Cn1cc(-c2ncoc2C2CNC2)nn1)C1CCCOC1. The van der Waals surface area contributed by atoms with Crippen molar-refractivity contribution in [3.63, 3.8) is 0 Å². The highest BCUT2D eigenvalue weighted by atomic mass is 16.5. The van der Waals surface area contributed by atoms with Crippen molar-refractivity contribution in [3.05, 3.63) is 18.4 Å². The molecule has 2 saturated heterocycles. The van der Waals surface area contributed by atoms with E-state index in [0.29, 0.717) is 18.4 Å². The number of hydrogen-bond donors (Lipinski definition) is 1. The van der Waals surface area contributed by atoms with E-state index in [1.165, 1.54) is 6.39 Å². The van der Waals surface area contributed by atoms with Gasteiger partial charge in [0.15, 0.2) is 6.39 Å². The Morgan fingerprint density at radius 1 is 1.46 bits per heavy atom. The first-order valence-electron chi connectivity index (χ1n) is 8.50. The van der Waals surface area contributed by atoms with Crippen LogP contribution in [0.1, 0.15) is 24.5 Å². The average molecular weight is 333 g/mol. The van der Waals surface area contributed by atoms with E-state index >= 15 is 0 Å². The van der Waals surface area contributed by atoms with Crippen LogP contribution in [0.25, 0.3) is 11.4 Å². The first-order chi connectivity index (χ1) is 11.8. The first-order valence-corrected chi connectivity index (χ1v) is 8.50. The molecule has 2 aliphatic rings. The molecule has 0 amide bonds. The zero-order chi connectivity index (χ0) is 16.4. The molecule has 2 aliphatic heterocycles. The van der Waals surface area contributed by atoms with Gasteiger partial charge in [0, 0.05) is 38.6 Å². The number of ether oxygens (including phenoxy) is 2. The molecule has 0 radical (unpaired) electrons. The molecule has 2 fully saturated rings. The molecule has 0 spiro atoms. The van der Waals surface area contributed by atoms with Crippen LogP contribution in [-0.2, 0) is 16.0 Å². The Labute approximate surface area is 140 Å². The van der Waals surface area contributed by atoms with Crippen molar-refractivity contribution < 1.29 is 13.9 Å². The Balaban J connectivity index is 1.47. The first kappa shape index (κ1) is 15.7. The second kappa shape index (κ2) is 7.00. The highest BCUT2D eigenvalue weighted by Crippen LogP contribution is 2.29. The Morgan fingerprint density at radius 3 is 3.08 bits per heavy atom. The Hall–Kier alpha value is -1.77. The summed E-state index contributed by atoms with van der Waals surface area (Å²) in [5.74, 6) is 1.67. The predicted octanol–water partition coefficient (Wildman–Crippen LogP) is 1.06. The molecule has 8 nitrogen and oxygen atoms in total. The van der Waals surface area contributed by atoms with E-state index < -0.39 is 0 Å². The summed E-state index contributed by atoms with van der Waals surface area (Å²) in [5.41, 5.74) is 1.54. The molecule has 0 aromatic carbocycles. The highest BCUT2D eigenvalue weighted by Gasteiger charge is 2.28. The van der Waals surface area contributed by atoms with Gasteiger partial charge in [-0.15, -0.1) is 5.10 Å². The van der Waals surface area contributed by atoms with Gasteiger partial charge in [0.05, 0.1) is 25.5 Å². The Kier molecular flexibility index (Phi) is 4.59. The standard InChI is InChI=1S/C16H23N5O3/c1-22-14(11-3-2-4-23-9-11)8-21-7-13(19-20-21)15-16(24-10-18-15)12-5-17-6-12/h7,10-12,14,17H,2-6,8-9H2,1H3. The van der Waals surface area contributed by atoms with Crippen molar-refractivity contribution in [2.24, 2.45) is 5.92 Å². The van der Waals surface area contributed by atoms with Gasteiger partial charge in [0.2, 0.25) is 0 Å². The second-order valence-electron chi connectivity index (χ2n) is 6.50. The largest absolute Gasteiger partial charge is 0.447 e. The van der Waals surface area contributed by atoms with E-state index in [-0.39, 0.29) is 6.10 Å². The highest BCUT2D eigenvalue weighted by molar-refractivity contribution is 5.55. The number of nitrogens with one attached hydrogen (secondary N) is 1. The molecule has 2 aromatic heterocycles. The van der Waals surface area contributed by atoms with Gasteiger partial charge in [0.25, 0.3) is 0 Å². The maximum Gasteiger partial charge on any atom is 0.181 e. The fourth-order valence-corrected chi connectivity index (χ4v) is 3.37. The Bertz CT molecular complexity index is 660. The van der Waals surface area contributed by atoms with Crippen molar-refractivity contribution >= 4 is 0 Å². The molecule has 4 heterocycles. The number of aromatic nitrogens is 4. The van der Waals surface area contributed by atoms with Crippen LogP contribution in [-0.4, -0.2) is 59.5 Å². The molecule has 0 saturated carbocycles. The van der Waals surface area contributed by atoms with E-state index in [1.807, 2.05) is 10.9 Å². The molecular formula is C16H23N5O3.